The highest BCUT2D eigenvalue weighted by Gasteiger charge is 2.21. The molecule has 1 heterocycles. The summed E-state index contributed by atoms with van der Waals surface area (Å²) in [6, 6.07) is 10.2. The lowest BCUT2D eigenvalue weighted by Gasteiger charge is -2.36. The summed E-state index contributed by atoms with van der Waals surface area (Å²) in [5.74, 6) is 0.0436. The van der Waals surface area contributed by atoms with Crippen molar-refractivity contribution in [3.63, 3.8) is 0 Å². The summed E-state index contributed by atoms with van der Waals surface area (Å²) >= 11 is 0. The standard InChI is InChI=1S/C18H22N2O2/c1-19(2)14-7-9-20(10-8-14)15-4-5-16-13(11-15)3-6-18(22)17(16)12-21/h3-6,11-12,14,22H,7-10H2,1-2H3. The molecule has 3 rings (SSSR count). The number of piperidine rings is 1. The second kappa shape index (κ2) is 5.97. The normalized spacial score (nSPS) is 16.4. The number of rotatable bonds is 3. The van der Waals surface area contributed by atoms with Crippen LogP contribution in [0.25, 0.3) is 10.8 Å². The molecular formula is C18H22N2O2. The summed E-state index contributed by atoms with van der Waals surface area (Å²) in [6.07, 6.45) is 3.06. The number of hydrogen-bond donors (Lipinski definition) is 1. The third kappa shape index (κ3) is 2.66. The van der Waals surface area contributed by atoms with Crippen LogP contribution >= 0.6 is 0 Å². The molecule has 0 amide bonds. The van der Waals surface area contributed by atoms with Gasteiger partial charge in [-0.3, -0.25) is 4.79 Å². The van der Waals surface area contributed by atoms with Crippen LogP contribution in [0.3, 0.4) is 0 Å². The number of fused-ring (bicyclic) bond motifs is 1. The Morgan fingerprint density at radius 1 is 1.18 bits per heavy atom. The number of aldehydes is 1. The molecule has 1 N–H and O–H groups in total. The summed E-state index contributed by atoms with van der Waals surface area (Å²) < 4.78 is 0. The molecule has 1 aliphatic heterocycles. The Labute approximate surface area is 131 Å². The third-order valence-electron chi connectivity index (χ3n) is 4.70. The number of nitrogens with zero attached hydrogens (tertiary/aromatic N) is 2. The molecule has 2 aromatic carbocycles. The SMILES string of the molecule is CN(C)C1CCN(c2ccc3c(C=O)c(O)ccc3c2)CC1. The zero-order chi connectivity index (χ0) is 15.7. The van der Waals surface area contributed by atoms with E-state index in [0.717, 1.165) is 30.1 Å². The minimum absolute atomic E-state index is 0.0436. The maximum atomic E-state index is 11.2. The molecule has 4 nitrogen and oxygen atoms in total. The number of benzene rings is 2. The van der Waals surface area contributed by atoms with E-state index >= 15 is 0 Å². The Bertz CT molecular complexity index is 689. The van der Waals surface area contributed by atoms with Gasteiger partial charge in [0.2, 0.25) is 0 Å². The Morgan fingerprint density at radius 2 is 1.91 bits per heavy atom. The van der Waals surface area contributed by atoms with Crippen LogP contribution in [0.15, 0.2) is 30.3 Å². The van der Waals surface area contributed by atoms with Crippen LogP contribution in [0.2, 0.25) is 0 Å². The first-order valence-electron chi connectivity index (χ1n) is 7.72. The van der Waals surface area contributed by atoms with Crippen LogP contribution in [0.1, 0.15) is 23.2 Å². The van der Waals surface area contributed by atoms with E-state index in [1.54, 1.807) is 6.07 Å². The lowest BCUT2D eigenvalue weighted by molar-refractivity contribution is 0.112. The van der Waals surface area contributed by atoms with Crippen molar-refractivity contribution in [3.8, 4) is 5.75 Å². The fourth-order valence-electron chi connectivity index (χ4n) is 3.29. The van der Waals surface area contributed by atoms with Crippen LogP contribution in [0, 0.1) is 0 Å². The van der Waals surface area contributed by atoms with E-state index in [9.17, 15) is 9.90 Å². The van der Waals surface area contributed by atoms with E-state index in [4.69, 9.17) is 0 Å². The van der Waals surface area contributed by atoms with E-state index in [1.165, 1.54) is 18.5 Å². The Morgan fingerprint density at radius 3 is 2.55 bits per heavy atom. The van der Waals surface area contributed by atoms with Crippen LogP contribution in [0.5, 0.6) is 5.75 Å². The molecule has 116 valence electrons. The van der Waals surface area contributed by atoms with E-state index in [2.05, 4.69) is 30.0 Å². The molecule has 1 aliphatic rings. The number of anilines is 1. The summed E-state index contributed by atoms with van der Waals surface area (Å²) in [5, 5.41) is 11.6. The van der Waals surface area contributed by atoms with E-state index < -0.39 is 0 Å². The van der Waals surface area contributed by atoms with Crippen molar-refractivity contribution in [1.29, 1.82) is 0 Å². The zero-order valence-electron chi connectivity index (χ0n) is 13.1. The third-order valence-corrected chi connectivity index (χ3v) is 4.70. The molecule has 0 radical (unpaired) electrons. The predicted octanol–water partition coefficient (Wildman–Crippen LogP) is 2.89. The Balaban J connectivity index is 1.87. The molecule has 0 unspecified atom stereocenters. The molecule has 0 aliphatic carbocycles. The molecule has 1 saturated heterocycles. The van der Waals surface area contributed by atoms with Crippen molar-refractivity contribution in [2.45, 2.75) is 18.9 Å². The first-order chi connectivity index (χ1) is 10.6. The topological polar surface area (TPSA) is 43.8 Å². The number of hydrogen-bond acceptors (Lipinski definition) is 4. The average molecular weight is 298 g/mol. The quantitative estimate of drug-likeness (QED) is 0.885. The lowest BCUT2D eigenvalue weighted by Crippen LogP contribution is -2.41. The second-order valence-corrected chi connectivity index (χ2v) is 6.20. The van der Waals surface area contributed by atoms with E-state index in [-0.39, 0.29) is 5.75 Å². The molecule has 0 spiro atoms. The maximum Gasteiger partial charge on any atom is 0.154 e. The van der Waals surface area contributed by atoms with Gasteiger partial charge in [-0.05, 0) is 55.9 Å². The van der Waals surface area contributed by atoms with Crippen LogP contribution in [0.4, 0.5) is 5.69 Å². The van der Waals surface area contributed by atoms with Gasteiger partial charge in [-0.2, -0.15) is 0 Å². The van der Waals surface area contributed by atoms with Gasteiger partial charge in [-0.1, -0.05) is 12.1 Å². The second-order valence-electron chi connectivity index (χ2n) is 6.20. The van der Waals surface area contributed by atoms with Crippen molar-refractivity contribution in [1.82, 2.24) is 4.90 Å². The highest BCUT2D eigenvalue weighted by atomic mass is 16.3. The van der Waals surface area contributed by atoms with Gasteiger partial charge in [0.05, 0.1) is 5.56 Å². The van der Waals surface area contributed by atoms with E-state index in [0.29, 0.717) is 11.6 Å². The molecular weight excluding hydrogens is 276 g/mol. The van der Waals surface area contributed by atoms with Gasteiger partial charge in [0.25, 0.3) is 0 Å². The lowest BCUT2D eigenvalue weighted by atomic mass is 10.0. The van der Waals surface area contributed by atoms with Crippen molar-refractivity contribution < 1.29 is 9.90 Å². The molecule has 0 atom stereocenters. The first-order valence-corrected chi connectivity index (χ1v) is 7.72. The Hall–Kier alpha value is -2.07. The summed E-state index contributed by atoms with van der Waals surface area (Å²) in [4.78, 5) is 15.9. The van der Waals surface area contributed by atoms with Crippen LogP contribution < -0.4 is 4.90 Å². The van der Waals surface area contributed by atoms with Crippen molar-refractivity contribution >= 4 is 22.7 Å². The van der Waals surface area contributed by atoms with Crippen molar-refractivity contribution in [3.05, 3.63) is 35.9 Å². The first kappa shape index (κ1) is 14.9. The molecule has 4 heteroatoms. The molecule has 0 bridgehead atoms. The van der Waals surface area contributed by atoms with Gasteiger partial charge < -0.3 is 14.9 Å². The van der Waals surface area contributed by atoms with Gasteiger partial charge >= 0.3 is 0 Å². The molecule has 0 saturated carbocycles. The minimum atomic E-state index is 0.0436. The molecule has 1 fully saturated rings. The van der Waals surface area contributed by atoms with Gasteiger partial charge in [0, 0.05) is 24.8 Å². The number of carbonyl (C=O) groups is 1. The highest BCUT2D eigenvalue weighted by molar-refractivity contribution is 6.01. The zero-order valence-corrected chi connectivity index (χ0v) is 13.1. The number of phenolic OH excluding ortho intramolecular Hbond substituents is 1. The fraction of sp³-hybridized carbons (Fsp3) is 0.389. The van der Waals surface area contributed by atoms with Crippen molar-refractivity contribution in [2.75, 3.05) is 32.1 Å². The van der Waals surface area contributed by atoms with Crippen LogP contribution in [-0.4, -0.2) is 49.5 Å². The monoisotopic (exact) mass is 298 g/mol. The molecule has 0 aromatic heterocycles. The van der Waals surface area contributed by atoms with Gasteiger partial charge in [-0.25, -0.2) is 0 Å². The largest absolute Gasteiger partial charge is 0.507 e. The minimum Gasteiger partial charge on any atom is -0.507 e. The highest BCUT2D eigenvalue weighted by Crippen LogP contribution is 2.30. The number of phenols is 1. The van der Waals surface area contributed by atoms with Crippen molar-refractivity contribution in [2.24, 2.45) is 0 Å². The number of carbonyl (C=O) groups excluding carboxylic acids is 1. The number of aromatic hydroxyl groups is 1. The summed E-state index contributed by atoms with van der Waals surface area (Å²) in [7, 11) is 4.29. The summed E-state index contributed by atoms with van der Waals surface area (Å²) in [5.41, 5.74) is 1.56. The van der Waals surface area contributed by atoms with E-state index in [1.807, 2.05) is 18.2 Å². The van der Waals surface area contributed by atoms with Gasteiger partial charge in [-0.15, -0.1) is 0 Å². The smallest absolute Gasteiger partial charge is 0.154 e. The van der Waals surface area contributed by atoms with Gasteiger partial charge in [0.1, 0.15) is 5.75 Å². The molecule has 22 heavy (non-hydrogen) atoms. The fourth-order valence-corrected chi connectivity index (χ4v) is 3.29. The van der Waals surface area contributed by atoms with Gasteiger partial charge in [0.15, 0.2) is 6.29 Å². The Kier molecular flexibility index (Phi) is 4.03. The average Bonchev–Trinajstić information content (AvgIpc) is 2.54. The summed E-state index contributed by atoms with van der Waals surface area (Å²) in [6.45, 7) is 2.10. The predicted molar refractivity (Wildman–Crippen MR) is 89.9 cm³/mol. The maximum absolute atomic E-state index is 11.2. The van der Waals surface area contributed by atoms with Crippen LogP contribution in [-0.2, 0) is 0 Å². The molecule has 2 aromatic rings.